The van der Waals surface area contributed by atoms with Gasteiger partial charge in [0.1, 0.15) is 0 Å². The molecule has 0 amide bonds. The molecular weight excluding hydrogens is 485 g/mol. The number of rotatable bonds is 7. The first kappa shape index (κ1) is 24.9. The van der Waals surface area contributed by atoms with Gasteiger partial charge in [-0.3, -0.25) is 0 Å². The van der Waals surface area contributed by atoms with Crippen molar-refractivity contribution < 1.29 is 53.0 Å². The lowest BCUT2D eigenvalue weighted by Gasteiger charge is -2.40. The molecule has 0 saturated carbocycles. The molecule has 1 unspecified atom stereocenters. The van der Waals surface area contributed by atoms with Crippen LogP contribution in [-0.2, 0) is 10.3 Å². The van der Waals surface area contributed by atoms with E-state index in [1.54, 1.807) is 0 Å². The maximum Gasteiger partial charge on any atom is 0.460 e. The molecule has 1 atom stereocenters. The van der Waals surface area contributed by atoms with Crippen LogP contribution >= 0.6 is 15.9 Å². The minimum Gasteiger partial charge on any atom is -0.374 e. The highest BCUT2D eigenvalue weighted by molar-refractivity contribution is 9.10. The van der Waals surface area contributed by atoms with Crippen LogP contribution in [0.15, 0.2) is 28.7 Å². The van der Waals surface area contributed by atoms with Gasteiger partial charge in [0.05, 0.1) is 12.0 Å². The average Bonchev–Trinajstić information content (AvgIpc) is 2.53. The molecule has 0 saturated heterocycles. The van der Waals surface area contributed by atoms with E-state index in [-0.39, 0.29) is 5.56 Å². The zero-order valence-corrected chi connectivity index (χ0v) is 15.5. The Bertz CT molecular complexity index is 684. The Morgan fingerprint density at radius 2 is 1.18 bits per heavy atom. The molecule has 0 aliphatic heterocycles. The summed E-state index contributed by atoms with van der Waals surface area (Å²) < 4.78 is 149. The molecule has 13 heteroatoms. The highest BCUT2D eigenvalue weighted by Crippen LogP contribution is 2.59. The molecule has 0 aliphatic rings. The van der Waals surface area contributed by atoms with Gasteiger partial charge in [-0.25, -0.2) is 0 Å². The molecular formula is C15H12BrF11O. The van der Waals surface area contributed by atoms with Crippen molar-refractivity contribution in [3.8, 4) is 0 Å². The topological polar surface area (TPSA) is 9.23 Å². The fourth-order valence-electron chi connectivity index (χ4n) is 2.23. The van der Waals surface area contributed by atoms with Crippen LogP contribution in [0.1, 0.15) is 18.9 Å². The van der Waals surface area contributed by atoms with Crippen LogP contribution in [-0.4, -0.2) is 37.0 Å². The molecule has 0 fully saturated rings. The molecule has 1 nitrogen and oxygen atoms in total. The van der Waals surface area contributed by atoms with Gasteiger partial charge in [0, 0.05) is 11.6 Å². The second-order valence-electron chi connectivity index (χ2n) is 6.04. The van der Waals surface area contributed by atoms with Crippen molar-refractivity contribution in [1.29, 1.82) is 0 Å². The summed E-state index contributed by atoms with van der Waals surface area (Å²) in [6.45, 7) is 0.764. The lowest BCUT2D eigenvalue weighted by atomic mass is 9.85. The number of hydrogen-bond acceptors (Lipinski definition) is 1. The van der Waals surface area contributed by atoms with Gasteiger partial charge in [-0.1, -0.05) is 28.1 Å². The Hall–Kier alpha value is -1.11. The first-order valence-corrected chi connectivity index (χ1v) is 7.95. The van der Waals surface area contributed by atoms with Crippen molar-refractivity contribution in [3.05, 3.63) is 34.3 Å². The fourth-order valence-corrected chi connectivity index (χ4v) is 2.50. The normalized spacial score (nSPS) is 16.8. The summed E-state index contributed by atoms with van der Waals surface area (Å²) in [6, 6.07) is 4.69. The summed E-state index contributed by atoms with van der Waals surface area (Å²) in [6.07, 6.45) is -9.50. The third-order valence-corrected chi connectivity index (χ3v) is 4.60. The molecule has 1 rings (SSSR count). The zero-order valence-electron chi connectivity index (χ0n) is 14.0. The molecule has 0 bridgehead atoms. The maximum atomic E-state index is 14.0. The van der Waals surface area contributed by atoms with E-state index in [0.717, 1.165) is 26.2 Å². The first-order valence-electron chi connectivity index (χ1n) is 7.16. The van der Waals surface area contributed by atoms with Crippen LogP contribution in [0.4, 0.5) is 48.3 Å². The summed E-state index contributed by atoms with van der Waals surface area (Å²) in [5, 5.41) is 0. The van der Waals surface area contributed by atoms with Crippen molar-refractivity contribution in [3.63, 3.8) is 0 Å². The summed E-state index contributed by atoms with van der Waals surface area (Å²) in [5.74, 6) is -27.9. The lowest BCUT2D eigenvalue weighted by molar-refractivity contribution is -0.424. The maximum absolute atomic E-state index is 14.0. The Morgan fingerprint density at radius 1 is 0.750 bits per heavy atom. The Labute approximate surface area is 160 Å². The molecule has 0 heterocycles. The van der Waals surface area contributed by atoms with E-state index in [0.29, 0.717) is 4.47 Å². The van der Waals surface area contributed by atoms with E-state index < -0.39 is 41.9 Å². The summed E-state index contributed by atoms with van der Waals surface area (Å²) in [4.78, 5) is 0. The standard InChI is InChI=1S/C15H12BrF11O/c1-10(28-2,8-3-5-9(16)6-4-8)7-11(17,18)12(19,20)13(21,22)14(23,24)15(25,26)27/h3-6H,7H2,1-2H3. The second-order valence-corrected chi connectivity index (χ2v) is 6.96. The molecule has 28 heavy (non-hydrogen) atoms. The van der Waals surface area contributed by atoms with Crippen LogP contribution in [0.3, 0.4) is 0 Å². The molecule has 0 N–H and O–H groups in total. The minimum absolute atomic E-state index is 0.237. The van der Waals surface area contributed by atoms with Gasteiger partial charge in [0.25, 0.3) is 0 Å². The van der Waals surface area contributed by atoms with Crippen molar-refractivity contribution in [1.82, 2.24) is 0 Å². The van der Waals surface area contributed by atoms with E-state index in [1.807, 2.05) is 0 Å². The average molecular weight is 497 g/mol. The fraction of sp³-hybridized carbons (Fsp3) is 0.600. The molecule has 0 radical (unpaired) electrons. The third-order valence-electron chi connectivity index (χ3n) is 4.07. The van der Waals surface area contributed by atoms with E-state index in [4.69, 9.17) is 0 Å². The molecule has 0 spiro atoms. The van der Waals surface area contributed by atoms with Crippen LogP contribution in [0.2, 0.25) is 0 Å². The van der Waals surface area contributed by atoms with E-state index >= 15 is 0 Å². The van der Waals surface area contributed by atoms with Crippen LogP contribution in [0, 0.1) is 0 Å². The van der Waals surface area contributed by atoms with E-state index in [2.05, 4.69) is 20.7 Å². The van der Waals surface area contributed by atoms with Crippen LogP contribution in [0.5, 0.6) is 0 Å². The highest BCUT2D eigenvalue weighted by atomic mass is 79.9. The van der Waals surface area contributed by atoms with Gasteiger partial charge < -0.3 is 4.74 Å². The third kappa shape index (κ3) is 3.96. The summed E-state index contributed by atoms with van der Waals surface area (Å²) in [5.41, 5.74) is -2.66. The predicted molar refractivity (Wildman–Crippen MR) is 79.0 cm³/mol. The molecule has 1 aromatic carbocycles. The predicted octanol–water partition coefficient (Wildman–Crippen LogP) is 6.80. The monoisotopic (exact) mass is 496 g/mol. The van der Waals surface area contributed by atoms with Gasteiger partial charge >= 0.3 is 29.9 Å². The van der Waals surface area contributed by atoms with E-state index in [1.165, 1.54) is 12.1 Å². The number of benzene rings is 1. The number of ether oxygens (including phenoxy) is 1. The molecule has 0 aliphatic carbocycles. The number of hydrogen-bond donors (Lipinski definition) is 0. The van der Waals surface area contributed by atoms with Gasteiger partial charge in [-0.15, -0.1) is 0 Å². The van der Waals surface area contributed by atoms with E-state index in [9.17, 15) is 48.3 Å². The quantitative estimate of drug-likeness (QED) is 0.377. The summed E-state index contributed by atoms with van der Waals surface area (Å²) in [7, 11) is 0.749. The van der Waals surface area contributed by atoms with Gasteiger partial charge in [-0.2, -0.15) is 48.3 Å². The smallest absolute Gasteiger partial charge is 0.374 e. The number of halogens is 12. The van der Waals surface area contributed by atoms with Crippen molar-refractivity contribution >= 4 is 15.9 Å². The SMILES string of the molecule is COC(C)(CC(F)(F)C(F)(F)C(F)(F)C(F)(F)C(F)(F)F)c1ccc(Br)cc1. The molecule has 162 valence electrons. The molecule has 1 aromatic rings. The Kier molecular flexibility index (Phi) is 6.49. The molecule has 0 aromatic heterocycles. The second kappa shape index (κ2) is 7.29. The Morgan fingerprint density at radius 3 is 1.54 bits per heavy atom. The van der Waals surface area contributed by atoms with Gasteiger partial charge in [0.2, 0.25) is 0 Å². The van der Waals surface area contributed by atoms with Crippen molar-refractivity contribution in [2.45, 2.75) is 48.8 Å². The largest absolute Gasteiger partial charge is 0.460 e. The first-order chi connectivity index (χ1) is 12.3. The minimum atomic E-state index is -7.43. The van der Waals surface area contributed by atoms with Crippen molar-refractivity contribution in [2.24, 2.45) is 0 Å². The highest BCUT2D eigenvalue weighted by Gasteiger charge is 2.87. The Balaban J connectivity index is 3.40. The van der Waals surface area contributed by atoms with Gasteiger partial charge in [-0.05, 0) is 24.6 Å². The van der Waals surface area contributed by atoms with Gasteiger partial charge in [0.15, 0.2) is 0 Å². The number of alkyl halides is 11. The zero-order chi connectivity index (χ0) is 22.4. The summed E-state index contributed by atoms with van der Waals surface area (Å²) >= 11 is 3.00. The van der Waals surface area contributed by atoms with Crippen molar-refractivity contribution in [2.75, 3.05) is 7.11 Å². The van der Waals surface area contributed by atoms with Crippen LogP contribution in [0.25, 0.3) is 0 Å². The van der Waals surface area contributed by atoms with Crippen LogP contribution < -0.4 is 0 Å². The lowest BCUT2D eigenvalue weighted by Crippen LogP contribution is -2.67. The number of methoxy groups -OCH3 is 1.